The Hall–Kier alpha value is -1.88. The summed E-state index contributed by atoms with van der Waals surface area (Å²) >= 11 is 0. The number of benzene rings is 1. The molecule has 2 N–H and O–H groups in total. The van der Waals surface area contributed by atoms with E-state index in [1.807, 2.05) is 24.3 Å². The van der Waals surface area contributed by atoms with E-state index >= 15 is 0 Å². The maximum Gasteiger partial charge on any atom is 0.332 e. The summed E-state index contributed by atoms with van der Waals surface area (Å²) in [6.45, 7) is 5.29. The maximum absolute atomic E-state index is 11.5. The molecule has 19 heavy (non-hydrogen) atoms. The van der Waals surface area contributed by atoms with Crippen LogP contribution in [0, 0.1) is 0 Å². The van der Waals surface area contributed by atoms with Crippen LogP contribution in [0.1, 0.15) is 32.3 Å². The van der Waals surface area contributed by atoms with Crippen LogP contribution in [0.3, 0.4) is 0 Å². The molecule has 0 aliphatic heterocycles. The van der Waals surface area contributed by atoms with Crippen LogP contribution >= 0.6 is 0 Å². The third-order valence-electron chi connectivity index (χ3n) is 2.67. The first kappa shape index (κ1) is 15.2. The quantitative estimate of drug-likeness (QED) is 0.827. The van der Waals surface area contributed by atoms with Gasteiger partial charge in [-0.3, -0.25) is 4.79 Å². The number of anilines is 1. The lowest BCUT2D eigenvalue weighted by Crippen LogP contribution is -2.26. The Morgan fingerprint density at radius 3 is 2.26 bits per heavy atom. The monoisotopic (exact) mass is 265 g/mol. The van der Waals surface area contributed by atoms with Crippen molar-refractivity contribution >= 4 is 17.6 Å². The first-order valence-corrected chi connectivity index (χ1v) is 6.14. The van der Waals surface area contributed by atoms with Gasteiger partial charge in [0.2, 0.25) is 5.91 Å². The standard InChI is InChI=1S/C14H19NO4/c1-9(2)11-4-6-12(7-5-11)15-13(16)8-19-10(3)14(17)18/h4-7,9-10H,8H2,1-3H3,(H,15,16)(H,17,18). The van der Waals surface area contributed by atoms with E-state index in [0.29, 0.717) is 11.6 Å². The first-order valence-electron chi connectivity index (χ1n) is 6.14. The summed E-state index contributed by atoms with van der Waals surface area (Å²) in [5.74, 6) is -1.02. The summed E-state index contributed by atoms with van der Waals surface area (Å²) in [6, 6.07) is 7.52. The van der Waals surface area contributed by atoms with Gasteiger partial charge in [0, 0.05) is 5.69 Å². The number of carboxylic acids is 1. The molecule has 0 radical (unpaired) electrons. The van der Waals surface area contributed by atoms with Crippen molar-refractivity contribution in [2.45, 2.75) is 32.8 Å². The normalized spacial score (nSPS) is 12.2. The van der Waals surface area contributed by atoms with Crippen LogP contribution in [0.5, 0.6) is 0 Å². The van der Waals surface area contributed by atoms with E-state index in [2.05, 4.69) is 19.2 Å². The van der Waals surface area contributed by atoms with Crippen LogP contribution in [-0.2, 0) is 14.3 Å². The molecule has 1 rings (SSSR count). The lowest BCUT2D eigenvalue weighted by Gasteiger charge is -2.10. The highest BCUT2D eigenvalue weighted by molar-refractivity contribution is 5.91. The molecule has 5 heteroatoms. The number of amides is 1. The largest absolute Gasteiger partial charge is 0.479 e. The first-order chi connectivity index (χ1) is 8.90. The van der Waals surface area contributed by atoms with E-state index in [1.165, 1.54) is 12.5 Å². The molecule has 1 aromatic rings. The molecule has 0 aliphatic rings. The van der Waals surface area contributed by atoms with Crippen molar-refractivity contribution < 1.29 is 19.4 Å². The molecule has 1 aromatic carbocycles. The summed E-state index contributed by atoms with van der Waals surface area (Å²) < 4.78 is 4.89. The molecule has 0 saturated carbocycles. The van der Waals surface area contributed by atoms with Gasteiger partial charge < -0.3 is 15.2 Å². The second-order valence-corrected chi connectivity index (χ2v) is 4.62. The molecule has 0 aliphatic carbocycles. The van der Waals surface area contributed by atoms with Gasteiger partial charge in [0.15, 0.2) is 6.10 Å². The zero-order valence-electron chi connectivity index (χ0n) is 11.3. The molecule has 1 unspecified atom stereocenters. The second kappa shape index (κ2) is 6.89. The topological polar surface area (TPSA) is 75.6 Å². The molecule has 0 bridgehead atoms. The van der Waals surface area contributed by atoms with Gasteiger partial charge in [-0.05, 0) is 30.5 Å². The number of carbonyl (C=O) groups is 2. The zero-order valence-corrected chi connectivity index (χ0v) is 11.3. The molecule has 0 spiro atoms. The fourth-order valence-corrected chi connectivity index (χ4v) is 1.42. The Morgan fingerprint density at radius 2 is 1.79 bits per heavy atom. The minimum Gasteiger partial charge on any atom is -0.479 e. The van der Waals surface area contributed by atoms with Gasteiger partial charge in [-0.2, -0.15) is 0 Å². The zero-order chi connectivity index (χ0) is 14.4. The Kier molecular flexibility index (Phi) is 5.51. The third-order valence-corrected chi connectivity index (χ3v) is 2.67. The Bertz CT molecular complexity index is 439. The van der Waals surface area contributed by atoms with Crippen molar-refractivity contribution in [2.24, 2.45) is 0 Å². The van der Waals surface area contributed by atoms with Crippen molar-refractivity contribution in [3.8, 4) is 0 Å². The SMILES string of the molecule is CC(OCC(=O)Nc1ccc(C(C)C)cc1)C(=O)O. The Morgan fingerprint density at radius 1 is 1.21 bits per heavy atom. The summed E-state index contributed by atoms with van der Waals surface area (Å²) in [6.07, 6.45) is -0.992. The van der Waals surface area contributed by atoms with Crippen LogP contribution < -0.4 is 5.32 Å². The Labute approximate surface area is 112 Å². The van der Waals surface area contributed by atoms with Gasteiger partial charge in [-0.1, -0.05) is 26.0 Å². The van der Waals surface area contributed by atoms with Crippen molar-refractivity contribution in [3.05, 3.63) is 29.8 Å². The number of carboxylic acid groups (broad SMARTS) is 1. The minimum absolute atomic E-state index is 0.278. The maximum atomic E-state index is 11.5. The summed E-state index contributed by atoms with van der Waals surface area (Å²) in [5, 5.41) is 11.3. The minimum atomic E-state index is -1.09. The van der Waals surface area contributed by atoms with Crippen molar-refractivity contribution in [3.63, 3.8) is 0 Å². The lowest BCUT2D eigenvalue weighted by molar-refractivity contribution is -0.150. The molecule has 0 saturated heterocycles. The molecule has 0 fully saturated rings. The number of carbonyl (C=O) groups excluding carboxylic acids is 1. The number of ether oxygens (including phenoxy) is 1. The van der Waals surface area contributed by atoms with E-state index < -0.39 is 12.1 Å². The fraction of sp³-hybridized carbons (Fsp3) is 0.429. The Balaban J connectivity index is 2.46. The highest BCUT2D eigenvalue weighted by Crippen LogP contribution is 2.16. The number of nitrogens with one attached hydrogen (secondary N) is 1. The molecule has 104 valence electrons. The molecular weight excluding hydrogens is 246 g/mol. The highest BCUT2D eigenvalue weighted by atomic mass is 16.5. The number of rotatable bonds is 6. The van der Waals surface area contributed by atoms with Crippen molar-refractivity contribution in [1.29, 1.82) is 0 Å². The van der Waals surface area contributed by atoms with Crippen LogP contribution in [0.4, 0.5) is 5.69 Å². The van der Waals surface area contributed by atoms with Crippen LogP contribution in [0.25, 0.3) is 0 Å². The second-order valence-electron chi connectivity index (χ2n) is 4.62. The van der Waals surface area contributed by atoms with Gasteiger partial charge >= 0.3 is 5.97 Å². The molecule has 0 aromatic heterocycles. The summed E-state index contributed by atoms with van der Waals surface area (Å²) in [5.41, 5.74) is 1.86. The van der Waals surface area contributed by atoms with Crippen LogP contribution in [-0.4, -0.2) is 29.7 Å². The van der Waals surface area contributed by atoms with E-state index in [0.717, 1.165) is 0 Å². The lowest BCUT2D eigenvalue weighted by atomic mass is 10.0. The highest BCUT2D eigenvalue weighted by Gasteiger charge is 2.13. The van der Waals surface area contributed by atoms with Gasteiger partial charge in [0.25, 0.3) is 0 Å². The smallest absolute Gasteiger partial charge is 0.332 e. The predicted molar refractivity (Wildman–Crippen MR) is 72.2 cm³/mol. The van der Waals surface area contributed by atoms with Crippen LogP contribution in [0.15, 0.2) is 24.3 Å². The van der Waals surface area contributed by atoms with Crippen molar-refractivity contribution in [1.82, 2.24) is 0 Å². The van der Waals surface area contributed by atoms with Gasteiger partial charge in [-0.15, -0.1) is 0 Å². The average Bonchev–Trinajstić information content (AvgIpc) is 2.36. The molecule has 1 amide bonds. The van der Waals surface area contributed by atoms with E-state index in [-0.39, 0.29) is 12.5 Å². The number of aliphatic carboxylic acids is 1. The molecular formula is C14H19NO4. The number of hydrogen-bond donors (Lipinski definition) is 2. The predicted octanol–water partition coefficient (Wildman–Crippen LogP) is 2.24. The van der Waals surface area contributed by atoms with Crippen molar-refractivity contribution in [2.75, 3.05) is 11.9 Å². The van der Waals surface area contributed by atoms with Gasteiger partial charge in [0.05, 0.1) is 0 Å². The molecule has 1 atom stereocenters. The van der Waals surface area contributed by atoms with E-state index in [1.54, 1.807) is 0 Å². The van der Waals surface area contributed by atoms with Gasteiger partial charge in [0.1, 0.15) is 6.61 Å². The van der Waals surface area contributed by atoms with E-state index in [9.17, 15) is 9.59 Å². The average molecular weight is 265 g/mol. The van der Waals surface area contributed by atoms with Gasteiger partial charge in [-0.25, -0.2) is 4.79 Å². The molecule has 0 heterocycles. The van der Waals surface area contributed by atoms with Crippen LogP contribution in [0.2, 0.25) is 0 Å². The fourth-order valence-electron chi connectivity index (χ4n) is 1.42. The summed E-state index contributed by atoms with van der Waals surface area (Å²) in [7, 11) is 0. The summed E-state index contributed by atoms with van der Waals surface area (Å²) in [4.78, 5) is 22.0. The number of hydrogen-bond acceptors (Lipinski definition) is 3. The molecule has 5 nitrogen and oxygen atoms in total. The third kappa shape index (κ3) is 5.09. The van der Waals surface area contributed by atoms with E-state index in [4.69, 9.17) is 9.84 Å².